The van der Waals surface area contributed by atoms with Crippen LogP contribution in [0, 0.1) is 11.7 Å². The van der Waals surface area contributed by atoms with Crippen LogP contribution in [-0.2, 0) is 6.54 Å². The van der Waals surface area contributed by atoms with Gasteiger partial charge in [-0.1, -0.05) is 11.6 Å². The number of ether oxygens (including phenoxy) is 1. The van der Waals surface area contributed by atoms with Gasteiger partial charge in [0, 0.05) is 18.2 Å². The van der Waals surface area contributed by atoms with Gasteiger partial charge < -0.3 is 15.4 Å². The third kappa shape index (κ3) is 5.62. The molecule has 2 rings (SSSR count). The Morgan fingerprint density at radius 3 is 2.76 bits per heavy atom. The zero-order chi connectivity index (χ0) is 14.4. The Kier molecular flexibility index (Phi) is 8.34. The predicted octanol–water partition coefficient (Wildman–Crippen LogP) is 3.39. The summed E-state index contributed by atoms with van der Waals surface area (Å²) in [6.07, 6.45) is 2.39. The number of benzene rings is 1. The maximum Gasteiger partial charge on any atom is 0.142 e. The molecule has 1 aliphatic heterocycles. The predicted molar refractivity (Wildman–Crippen MR) is 87.1 cm³/mol. The van der Waals surface area contributed by atoms with Crippen LogP contribution in [0.3, 0.4) is 0 Å². The molecule has 120 valence electrons. The molecule has 2 N–H and O–H groups in total. The summed E-state index contributed by atoms with van der Waals surface area (Å²) < 4.78 is 19.1. The van der Waals surface area contributed by atoms with Gasteiger partial charge in [-0.25, -0.2) is 4.39 Å². The van der Waals surface area contributed by atoms with Crippen molar-refractivity contribution in [3.8, 4) is 5.75 Å². The lowest BCUT2D eigenvalue weighted by molar-refractivity contribution is 0.330. The van der Waals surface area contributed by atoms with Gasteiger partial charge in [0.15, 0.2) is 0 Å². The lowest BCUT2D eigenvalue weighted by Gasteiger charge is -2.23. The van der Waals surface area contributed by atoms with E-state index in [0.717, 1.165) is 25.2 Å². The van der Waals surface area contributed by atoms with E-state index in [-0.39, 0.29) is 17.4 Å². The second kappa shape index (κ2) is 9.46. The molecule has 6 heteroatoms. The fourth-order valence-corrected chi connectivity index (χ4v) is 2.65. The van der Waals surface area contributed by atoms with Crippen LogP contribution in [0.5, 0.6) is 5.75 Å². The lowest BCUT2D eigenvalue weighted by atomic mass is 9.98. The van der Waals surface area contributed by atoms with Crippen LogP contribution in [0.4, 0.5) is 4.39 Å². The highest BCUT2D eigenvalue weighted by atomic mass is 35.5. The molecule has 1 heterocycles. The van der Waals surface area contributed by atoms with Crippen molar-refractivity contribution in [1.29, 1.82) is 0 Å². The highest BCUT2D eigenvalue weighted by molar-refractivity contribution is 6.30. The van der Waals surface area contributed by atoms with Crippen molar-refractivity contribution in [3.63, 3.8) is 0 Å². The highest BCUT2D eigenvalue weighted by Gasteiger charge is 2.14. The first-order valence-corrected chi connectivity index (χ1v) is 7.60. The molecular formula is C15H23Cl2FN2O. The van der Waals surface area contributed by atoms with Gasteiger partial charge in [-0.15, -0.1) is 12.4 Å². The van der Waals surface area contributed by atoms with Crippen LogP contribution in [0.25, 0.3) is 0 Å². The average Bonchev–Trinajstić information content (AvgIpc) is 2.45. The minimum Gasteiger partial charge on any atom is -0.493 e. The fraction of sp³-hybridized carbons (Fsp3) is 0.600. The first-order valence-electron chi connectivity index (χ1n) is 7.23. The van der Waals surface area contributed by atoms with Gasteiger partial charge in [-0.2, -0.15) is 0 Å². The molecule has 1 fully saturated rings. The summed E-state index contributed by atoms with van der Waals surface area (Å²) in [6.45, 7) is 6.19. The third-order valence-corrected chi connectivity index (χ3v) is 3.90. The van der Waals surface area contributed by atoms with Gasteiger partial charge >= 0.3 is 0 Å². The van der Waals surface area contributed by atoms with E-state index >= 15 is 0 Å². The summed E-state index contributed by atoms with van der Waals surface area (Å²) in [4.78, 5) is 0. The molecule has 1 aromatic rings. The molecule has 0 atom stereocenters. The maximum absolute atomic E-state index is 13.6. The Hall–Kier alpha value is -0.550. The zero-order valence-electron chi connectivity index (χ0n) is 12.3. The van der Waals surface area contributed by atoms with E-state index in [2.05, 4.69) is 10.6 Å². The van der Waals surface area contributed by atoms with Crippen LogP contribution >= 0.6 is 24.0 Å². The van der Waals surface area contributed by atoms with Crippen molar-refractivity contribution < 1.29 is 9.13 Å². The van der Waals surface area contributed by atoms with E-state index in [1.165, 1.54) is 18.9 Å². The summed E-state index contributed by atoms with van der Waals surface area (Å²) in [5, 5.41) is 6.86. The van der Waals surface area contributed by atoms with Crippen LogP contribution in [0.1, 0.15) is 25.3 Å². The average molecular weight is 337 g/mol. The Balaban J connectivity index is 0.00000220. The highest BCUT2D eigenvalue weighted by Crippen LogP contribution is 2.26. The molecule has 1 saturated heterocycles. The monoisotopic (exact) mass is 336 g/mol. The molecule has 0 amide bonds. The van der Waals surface area contributed by atoms with E-state index < -0.39 is 5.82 Å². The Morgan fingerprint density at radius 1 is 1.38 bits per heavy atom. The van der Waals surface area contributed by atoms with Crippen LogP contribution in [0.15, 0.2) is 12.1 Å². The number of piperidine rings is 1. The van der Waals surface area contributed by atoms with Gasteiger partial charge in [0.1, 0.15) is 11.6 Å². The topological polar surface area (TPSA) is 33.3 Å². The lowest BCUT2D eigenvalue weighted by Crippen LogP contribution is -2.33. The van der Waals surface area contributed by atoms with Crippen molar-refractivity contribution in [2.45, 2.75) is 26.3 Å². The third-order valence-electron chi connectivity index (χ3n) is 3.61. The number of nitrogens with one attached hydrogen (secondary N) is 2. The summed E-state index contributed by atoms with van der Waals surface area (Å²) in [7, 11) is 0. The van der Waals surface area contributed by atoms with E-state index in [9.17, 15) is 4.39 Å². The molecule has 0 saturated carbocycles. The van der Waals surface area contributed by atoms with E-state index in [0.29, 0.717) is 24.8 Å². The molecule has 21 heavy (non-hydrogen) atoms. The van der Waals surface area contributed by atoms with Crippen molar-refractivity contribution in [3.05, 3.63) is 28.5 Å². The maximum atomic E-state index is 13.6. The zero-order valence-corrected chi connectivity index (χ0v) is 13.8. The molecule has 0 radical (unpaired) electrons. The van der Waals surface area contributed by atoms with Gasteiger partial charge in [0.2, 0.25) is 0 Å². The van der Waals surface area contributed by atoms with E-state index in [1.54, 1.807) is 6.07 Å². The summed E-state index contributed by atoms with van der Waals surface area (Å²) in [5.74, 6) is 0.967. The quantitative estimate of drug-likeness (QED) is 0.835. The first kappa shape index (κ1) is 18.5. The SMILES string of the molecule is CCOc1cc(Cl)c(F)cc1CNCC1CCNCC1.Cl. The minimum absolute atomic E-state index is 0. The smallest absolute Gasteiger partial charge is 0.142 e. The van der Waals surface area contributed by atoms with Crippen molar-refractivity contribution >= 4 is 24.0 Å². The Bertz CT molecular complexity index is 440. The first-order chi connectivity index (χ1) is 9.70. The van der Waals surface area contributed by atoms with Gasteiger partial charge in [-0.05, 0) is 51.4 Å². The van der Waals surface area contributed by atoms with Crippen molar-refractivity contribution in [2.24, 2.45) is 5.92 Å². The number of hydrogen-bond acceptors (Lipinski definition) is 3. The van der Waals surface area contributed by atoms with Gasteiger partial charge in [0.25, 0.3) is 0 Å². The molecule has 0 spiro atoms. The van der Waals surface area contributed by atoms with Crippen molar-refractivity contribution in [2.75, 3.05) is 26.2 Å². The molecule has 3 nitrogen and oxygen atoms in total. The number of rotatable bonds is 6. The Labute approximate surface area is 137 Å². The van der Waals surface area contributed by atoms with Crippen LogP contribution in [0.2, 0.25) is 5.02 Å². The van der Waals surface area contributed by atoms with Crippen LogP contribution < -0.4 is 15.4 Å². The standard InChI is InChI=1S/C15H22ClFN2O.ClH/c1-2-20-15-8-13(16)14(17)7-12(15)10-19-9-11-3-5-18-6-4-11;/h7-8,11,18-19H,2-6,9-10H2,1H3;1H. The van der Waals surface area contributed by atoms with Crippen LogP contribution in [-0.4, -0.2) is 26.2 Å². The summed E-state index contributed by atoms with van der Waals surface area (Å²) >= 11 is 5.79. The summed E-state index contributed by atoms with van der Waals surface area (Å²) in [5.41, 5.74) is 0.822. The van der Waals surface area contributed by atoms with Gasteiger partial charge in [-0.3, -0.25) is 0 Å². The van der Waals surface area contributed by atoms with Gasteiger partial charge in [0.05, 0.1) is 11.6 Å². The largest absolute Gasteiger partial charge is 0.493 e. The second-order valence-corrected chi connectivity index (χ2v) is 5.54. The molecule has 0 aliphatic carbocycles. The molecule has 1 aromatic carbocycles. The number of halogens is 3. The Morgan fingerprint density at radius 2 is 2.10 bits per heavy atom. The van der Waals surface area contributed by atoms with E-state index in [1.807, 2.05) is 6.92 Å². The van der Waals surface area contributed by atoms with E-state index in [4.69, 9.17) is 16.3 Å². The summed E-state index contributed by atoms with van der Waals surface area (Å²) in [6, 6.07) is 3.02. The molecule has 0 aromatic heterocycles. The second-order valence-electron chi connectivity index (χ2n) is 5.13. The normalized spacial score (nSPS) is 15.6. The molecule has 0 bridgehead atoms. The van der Waals surface area contributed by atoms with Crippen molar-refractivity contribution in [1.82, 2.24) is 10.6 Å². The molecule has 0 unspecified atom stereocenters. The molecule has 1 aliphatic rings. The fourth-order valence-electron chi connectivity index (χ4n) is 2.49. The minimum atomic E-state index is -0.395. The number of hydrogen-bond donors (Lipinski definition) is 2. The molecular weight excluding hydrogens is 314 g/mol.